The minimum atomic E-state index is -0.477. The van der Waals surface area contributed by atoms with E-state index in [1.54, 1.807) is 4.90 Å². The predicted octanol–water partition coefficient (Wildman–Crippen LogP) is 2.52. The van der Waals surface area contributed by atoms with Crippen LogP contribution in [0.25, 0.3) is 17.0 Å². The molecule has 0 saturated carbocycles. The lowest BCUT2D eigenvalue weighted by atomic mass is 10.1. The van der Waals surface area contributed by atoms with Crippen LogP contribution in [0.1, 0.15) is 18.2 Å². The van der Waals surface area contributed by atoms with Gasteiger partial charge in [-0.15, -0.1) is 0 Å². The number of hydrogen-bond donors (Lipinski definition) is 1. The molecule has 0 unspecified atom stereocenters. The topological polar surface area (TPSA) is 117 Å². The Morgan fingerprint density at radius 3 is 2.68 bits per heavy atom. The average Bonchev–Trinajstić information content (AvgIpc) is 3.60. The lowest BCUT2D eigenvalue weighted by molar-refractivity contribution is -0.142. The highest BCUT2D eigenvalue weighted by Crippen LogP contribution is 2.33. The number of carbonyl (C=O) groups is 1. The molecule has 2 saturated heterocycles. The quantitative estimate of drug-likeness (QED) is 0.355. The highest BCUT2D eigenvalue weighted by atomic mass is 32.1. The number of benzene rings is 1. The second-order valence-corrected chi connectivity index (χ2v) is 11.1. The third-order valence-corrected chi connectivity index (χ3v) is 8.45. The highest BCUT2D eigenvalue weighted by molar-refractivity contribution is 7.10. The molecule has 0 bridgehead atoms. The molecular weight excluding hydrogens is 545 g/mol. The summed E-state index contributed by atoms with van der Waals surface area (Å²) in [6.45, 7) is 6.45. The van der Waals surface area contributed by atoms with E-state index in [0.29, 0.717) is 36.2 Å². The number of piperazine rings is 1. The van der Waals surface area contributed by atoms with Gasteiger partial charge in [-0.25, -0.2) is 9.37 Å². The second kappa shape index (κ2) is 11.0. The van der Waals surface area contributed by atoms with Crippen LogP contribution in [-0.4, -0.2) is 98.5 Å². The van der Waals surface area contributed by atoms with Crippen molar-refractivity contribution in [3.05, 3.63) is 53.6 Å². The van der Waals surface area contributed by atoms with Gasteiger partial charge < -0.3 is 19.8 Å². The number of aliphatic hydroxyl groups is 1. The van der Waals surface area contributed by atoms with Gasteiger partial charge in [0.15, 0.2) is 5.82 Å². The van der Waals surface area contributed by atoms with E-state index in [4.69, 9.17) is 4.98 Å². The van der Waals surface area contributed by atoms with Gasteiger partial charge in [0.2, 0.25) is 11.0 Å². The number of nitrogens with zero attached hydrogens (tertiary/aromatic N) is 9. The third kappa shape index (κ3) is 5.21. The molecule has 212 valence electrons. The summed E-state index contributed by atoms with van der Waals surface area (Å²) in [5.74, 6) is 0.857. The lowest BCUT2D eigenvalue weighted by Crippen LogP contribution is -2.57. The van der Waals surface area contributed by atoms with Gasteiger partial charge in [0.25, 0.3) is 0 Å². The van der Waals surface area contributed by atoms with Crippen LogP contribution in [0, 0.1) is 17.1 Å². The molecule has 0 aliphatic carbocycles. The van der Waals surface area contributed by atoms with Gasteiger partial charge >= 0.3 is 0 Å². The molecule has 4 aromatic rings. The maximum Gasteiger partial charge on any atom is 0.236 e. The van der Waals surface area contributed by atoms with Crippen LogP contribution >= 0.6 is 11.5 Å². The molecule has 0 radical (unpaired) electrons. The van der Waals surface area contributed by atoms with Crippen molar-refractivity contribution in [1.82, 2.24) is 28.5 Å². The van der Waals surface area contributed by atoms with Crippen LogP contribution in [0.2, 0.25) is 0 Å². The number of hydrogen-bond acceptors (Lipinski definition) is 10. The van der Waals surface area contributed by atoms with Crippen LogP contribution in [-0.2, 0) is 11.2 Å². The Morgan fingerprint density at radius 2 is 1.98 bits per heavy atom. The van der Waals surface area contributed by atoms with Crippen LogP contribution in [0.5, 0.6) is 0 Å². The van der Waals surface area contributed by atoms with Crippen molar-refractivity contribution in [1.29, 1.82) is 5.26 Å². The van der Waals surface area contributed by atoms with Gasteiger partial charge in [-0.1, -0.05) is 6.92 Å². The lowest BCUT2D eigenvalue weighted by Gasteiger charge is -2.39. The van der Waals surface area contributed by atoms with E-state index in [9.17, 15) is 19.6 Å². The largest absolute Gasteiger partial charge is 0.389 e. The van der Waals surface area contributed by atoms with Crippen molar-refractivity contribution in [2.45, 2.75) is 19.4 Å². The fraction of sp³-hybridized carbons (Fsp3) is 0.393. The number of pyridine rings is 1. The van der Waals surface area contributed by atoms with Gasteiger partial charge in [0, 0.05) is 69.6 Å². The number of amides is 1. The average molecular weight is 576 g/mol. The number of carbonyl (C=O) groups excluding carboxylic acids is 1. The Hall–Kier alpha value is -4.12. The Bertz CT molecular complexity index is 1630. The number of anilines is 3. The van der Waals surface area contributed by atoms with E-state index in [1.807, 2.05) is 24.1 Å². The van der Waals surface area contributed by atoms with Crippen molar-refractivity contribution >= 4 is 39.7 Å². The van der Waals surface area contributed by atoms with Gasteiger partial charge in [0.1, 0.15) is 17.3 Å². The summed E-state index contributed by atoms with van der Waals surface area (Å²) in [6, 6.07) is 10.1. The van der Waals surface area contributed by atoms with Gasteiger partial charge in [-0.2, -0.15) is 14.6 Å². The zero-order chi connectivity index (χ0) is 28.7. The van der Waals surface area contributed by atoms with E-state index in [2.05, 4.69) is 42.7 Å². The summed E-state index contributed by atoms with van der Waals surface area (Å²) in [4.78, 5) is 30.1. The van der Waals surface area contributed by atoms with Crippen molar-refractivity contribution in [2.75, 3.05) is 62.7 Å². The van der Waals surface area contributed by atoms with Crippen molar-refractivity contribution in [2.24, 2.45) is 0 Å². The molecule has 41 heavy (non-hydrogen) atoms. The number of rotatable bonds is 7. The van der Waals surface area contributed by atoms with E-state index >= 15 is 0 Å². The Morgan fingerprint density at radius 1 is 1.20 bits per heavy atom. The maximum absolute atomic E-state index is 13.7. The summed E-state index contributed by atoms with van der Waals surface area (Å²) in [7, 11) is 1.92. The zero-order valence-electron chi connectivity index (χ0n) is 22.9. The molecule has 6 rings (SSSR count). The molecule has 11 nitrogen and oxygen atoms in total. The summed E-state index contributed by atoms with van der Waals surface area (Å²) in [5.41, 5.74) is 3.48. The molecule has 2 aliphatic rings. The first-order chi connectivity index (χ1) is 19.8. The molecule has 0 spiro atoms. The van der Waals surface area contributed by atoms with Crippen LogP contribution in [0.3, 0.4) is 0 Å². The molecule has 1 aromatic carbocycles. The normalized spacial score (nSPS) is 16.2. The predicted molar refractivity (Wildman–Crippen MR) is 154 cm³/mol. The third-order valence-electron chi connectivity index (χ3n) is 7.66. The molecule has 2 aliphatic heterocycles. The fourth-order valence-electron chi connectivity index (χ4n) is 5.32. The minimum absolute atomic E-state index is 0.0754. The molecular formula is C28H30FN9O2S. The minimum Gasteiger partial charge on any atom is -0.389 e. The van der Waals surface area contributed by atoms with E-state index in [0.717, 1.165) is 55.4 Å². The molecule has 5 heterocycles. The number of aliphatic hydroxyl groups excluding tert-OH is 1. The van der Waals surface area contributed by atoms with E-state index in [1.165, 1.54) is 29.7 Å². The first-order valence-corrected chi connectivity index (χ1v) is 14.3. The van der Waals surface area contributed by atoms with E-state index < -0.39 is 5.82 Å². The molecule has 2 fully saturated rings. The molecule has 1 N–H and O–H groups in total. The fourth-order valence-corrected chi connectivity index (χ4v) is 5.96. The number of halogens is 1. The van der Waals surface area contributed by atoms with Crippen molar-refractivity contribution in [3.63, 3.8) is 0 Å². The Balaban J connectivity index is 1.22. The van der Waals surface area contributed by atoms with Gasteiger partial charge in [-0.05, 0) is 36.8 Å². The molecule has 0 atom stereocenters. The standard InChI is InChI=1S/C28H30FN9O2S/c1-3-23-27(34(2)28-32-26(33-41-28)22-6-4-19(29)12-18(22)13-30)38-14-20(5-7-24(38)31-23)36-10-8-35(9-11-36)17-25(40)37-15-21(39)16-37/h4-7,12,14,21,39H,3,8-11,15-17H2,1-2H3. The first-order valence-electron chi connectivity index (χ1n) is 13.6. The smallest absolute Gasteiger partial charge is 0.236 e. The van der Waals surface area contributed by atoms with Crippen LogP contribution < -0.4 is 9.80 Å². The van der Waals surface area contributed by atoms with Gasteiger partial charge in [0.05, 0.1) is 35.7 Å². The first kappa shape index (κ1) is 27.1. The van der Waals surface area contributed by atoms with Gasteiger partial charge in [-0.3, -0.25) is 14.1 Å². The van der Waals surface area contributed by atoms with Crippen LogP contribution in [0.15, 0.2) is 36.5 Å². The Kier molecular flexibility index (Phi) is 7.29. The number of nitriles is 1. The molecule has 1 amide bonds. The maximum atomic E-state index is 13.7. The summed E-state index contributed by atoms with van der Waals surface area (Å²) in [5, 5.41) is 19.6. The van der Waals surface area contributed by atoms with Crippen molar-refractivity contribution in [3.8, 4) is 17.5 Å². The number of likely N-dealkylation sites (tertiary alicyclic amines) is 1. The number of aromatic nitrogens is 4. The molecule has 13 heteroatoms. The highest BCUT2D eigenvalue weighted by Gasteiger charge is 2.30. The number of aryl methyl sites for hydroxylation is 1. The summed E-state index contributed by atoms with van der Waals surface area (Å²) >= 11 is 1.21. The monoisotopic (exact) mass is 575 g/mol. The zero-order valence-corrected chi connectivity index (χ0v) is 23.7. The summed E-state index contributed by atoms with van der Waals surface area (Å²) < 4.78 is 20.2. The summed E-state index contributed by atoms with van der Waals surface area (Å²) in [6.07, 6.45) is 2.43. The number of β-amino-alcohol motifs (C(OH)–C–C–N with tert-alkyl or cyclic N) is 1. The van der Waals surface area contributed by atoms with Crippen molar-refractivity contribution < 1.29 is 14.3 Å². The molecule has 3 aromatic heterocycles. The Labute approximate surface area is 240 Å². The number of fused-ring (bicyclic) bond motifs is 1. The SMILES string of the molecule is CCc1nc2ccc(N3CCN(CC(=O)N4CC(O)C4)CC3)cn2c1N(C)c1nc(-c2ccc(F)cc2C#N)ns1. The van der Waals surface area contributed by atoms with Crippen LogP contribution in [0.4, 0.5) is 21.0 Å². The number of imidazole rings is 1. The second-order valence-electron chi connectivity index (χ2n) is 10.3. The van der Waals surface area contributed by atoms with E-state index in [-0.39, 0.29) is 17.6 Å².